The van der Waals surface area contributed by atoms with Crippen molar-refractivity contribution in [2.45, 2.75) is 26.3 Å². The highest BCUT2D eigenvalue weighted by atomic mass is 32.1. The van der Waals surface area contributed by atoms with Crippen LogP contribution in [0.1, 0.15) is 31.4 Å². The molecule has 1 saturated heterocycles. The van der Waals surface area contributed by atoms with Crippen molar-refractivity contribution in [2.24, 2.45) is 5.92 Å². The first-order chi connectivity index (χ1) is 8.95. The lowest BCUT2D eigenvalue weighted by molar-refractivity contribution is 0.109. The molecule has 0 radical (unpaired) electrons. The SMILES string of the molecule is CC(C)Cc1cc(=S)nc(C2CN(C)CCN2C)[nH]1. The van der Waals surface area contributed by atoms with Gasteiger partial charge in [-0.1, -0.05) is 26.1 Å². The van der Waals surface area contributed by atoms with Crippen molar-refractivity contribution in [1.29, 1.82) is 0 Å². The number of nitrogens with one attached hydrogen (secondary N) is 1. The minimum Gasteiger partial charge on any atom is -0.346 e. The van der Waals surface area contributed by atoms with Crippen LogP contribution in [0.2, 0.25) is 0 Å². The van der Waals surface area contributed by atoms with Gasteiger partial charge in [0.2, 0.25) is 0 Å². The summed E-state index contributed by atoms with van der Waals surface area (Å²) in [7, 11) is 4.32. The molecule has 1 fully saturated rings. The zero-order chi connectivity index (χ0) is 14.0. The maximum absolute atomic E-state index is 5.31. The molecule has 2 heterocycles. The predicted octanol–water partition coefficient (Wildman–Crippen LogP) is 2.26. The second-order valence-electron chi connectivity index (χ2n) is 5.99. The van der Waals surface area contributed by atoms with Crippen molar-refractivity contribution in [2.75, 3.05) is 33.7 Å². The lowest BCUT2D eigenvalue weighted by atomic mass is 10.1. The largest absolute Gasteiger partial charge is 0.346 e. The van der Waals surface area contributed by atoms with Gasteiger partial charge in [0.05, 0.1) is 6.04 Å². The van der Waals surface area contributed by atoms with Gasteiger partial charge >= 0.3 is 0 Å². The molecule has 0 saturated carbocycles. The first-order valence-electron chi connectivity index (χ1n) is 6.94. The van der Waals surface area contributed by atoms with E-state index in [9.17, 15) is 0 Å². The van der Waals surface area contributed by atoms with E-state index in [4.69, 9.17) is 12.2 Å². The van der Waals surface area contributed by atoms with Crippen molar-refractivity contribution >= 4 is 12.2 Å². The van der Waals surface area contributed by atoms with Crippen LogP contribution in [0.3, 0.4) is 0 Å². The van der Waals surface area contributed by atoms with E-state index in [2.05, 4.69) is 47.7 Å². The third kappa shape index (κ3) is 3.84. The number of hydrogen-bond donors (Lipinski definition) is 1. The zero-order valence-electron chi connectivity index (χ0n) is 12.3. The van der Waals surface area contributed by atoms with Gasteiger partial charge in [-0.05, 0) is 32.5 Å². The number of aromatic amines is 1. The molecule has 1 aromatic heterocycles. The van der Waals surface area contributed by atoms with Crippen molar-refractivity contribution < 1.29 is 0 Å². The van der Waals surface area contributed by atoms with E-state index in [1.807, 2.05) is 6.07 Å². The fourth-order valence-electron chi connectivity index (χ4n) is 2.54. The number of likely N-dealkylation sites (N-methyl/N-ethyl adjacent to an activating group) is 2. The molecule has 2 rings (SSSR count). The Kier molecular flexibility index (Phi) is 4.71. The van der Waals surface area contributed by atoms with Gasteiger partial charge in [0.1, 0.15) is 10.5 Å². The number of H-pyrrole nitrogens is 1. The molecule has 1 N–H and O–H groups in total. The van der Waals surface area contributed by atoms with Crippen LogP contribution >= 0.6 is 12.2 Å². The first-order valence-corrected chi connectivity index (χ1v) is 7.35. The van der Waals surface area contributed by atoms with E-state index in [1.54, 1.807) is 0 Å². The average molecular weight is 280 g/mol. The molecule has 0 aromatic carbocycles. The molecule has 1 atom stereocenters. The monoisotopic (exact) mass is 280 g/mol. The predicted molar refractivity (Wildman–Crippen MR) is 80.8 cm³/mol. The molecular weight excluding hydrogens is 256 g/mol. The van der Waals surface area contributed by atoms with Crippen LogP contribution < -0.4 is 0 Å². The van der Waals surface area contributed by atoms with Gasteiger partial charge in [-0.2, -0.15) is 0 Å². The van der Waals surface area contributed by atoms with Crippen LogP contribution in [0, 0.1) is 10.6 Å². The maximum Gasteiger partial charge on any atom is 0.130 e. The molecule has 1 aromatic rings. The number of piperazine rings is 1. The minimum atomic E-state index is 0.313. The fourth-order valence-corrected chi connectivity index (χ4v) is 2.78. The Hall–Kier alpha value is -0.780. The van der Waals surface area contributed by atoms with Crippen molar-refractivity contribution in [1.82, 2.24) is 19.8 Å². The maximum atomic E-state index is 5.31. The van der Waals surface area contributed by atoms with E-state index in [0.29, 0.717) is 16.6 Å². The second kappa shape index (κ2) is 6.11. The highest BCUT2D eigenvalue weighted by Gasteiger charge is 2.25. The van der Waals surface area contributed by atoms with Gasteiger partial charge < -0.3 is 9.88 Å². The lowest BCUT2D eigenvalue weighted by Gasteiger charge is -2.37. The molecule has 4 nitrogen and oxygen atoms in total. The van der Waals surface area contributed by atoms with Gasteiger partial charge in [0, 0.05) is 25.3 Å². The molecule has 0 amide bonds. The Bertz CT molecular complexity index is 483. The van der Waals surface area contributed by atoms with Gasteiger partial charge in [-0.3, -0.25) is 4.90 Å². The summed E-state index contributed by atoms with van der Waals surface area (Å²) in [5.74, 6) is 1.63. The minimum absolute atomic E-state index is 0.313. The fraction of sp³-hybridized carbons (Fsp3) is 0.714. The molecule has 5 heteroatoms. The van der Waals surface area contributed by atoms with Crippen LogP contribution in [0.5, 0.6) is 0 Å². The van der Waals surface area contributed by atoms with E-state index in [0.717, 1.165) is 31.9 Å². The Morgan fingerprint density at radius 3 is 2.84 bits per heavy atom. The molecule has 0 spiro atoms. The molecule has 0 bridgehead atoms. The lowest BCUT2D eigenvalue weighted by Crippen LogP contribution is -2.45. The highest BCUT2D eigenvalue weighted by molar-refractivity contribution is 7.71. The summed E-state index contributed by atoms with van der Waals surface area (Å²) >= 11 is 5.31. The van der Waals surface area contributed by atoms with Crippen LogP contribution in [0.4, 0.5) is 0 Å². The van der Waals surface area contributed by atoms with Crippen molar-refractivity contribution in [3.63, 3.8) is 0 Å². The Morgan fingerprint density at radius 2 is 2.16 bits per heavy atom. The normalized spacial score (nSPS) is 22.1. The first kappa shape index (κ1) is 14.6. The Balaban J connectivity index is 2.27. The van der Waals surface area contributed by atoms with Crippen molar-refractivity contribution in [3.8, 4) is 0 Å². The number of aromatic nitrogens is 2. The van der Waals surface area contributed by atoms with Gasteiger partial charge in [0.15, 0.2) is 0 Å². The average Bonchev–Trinajstić information content (AvgIpc) is 2.30. The summed E-state index contributed by atoms with van der Waals surface area (Å²) in [4.78, 5) is 12.7. The summed E-state index contributed by atoms with van der Waals surface area (Å²) in [6, 6.07) is 2.30. The molecular formula is C14H24N4S. The molecule has 1 aliphatic rings. The quantitative estimate of drug-likeness (QED) is 0.862. The number of hydrogen-bond acceptors (Lipinski definition) is 4. The third-order valence-electron chi connectivity index (χ3n) is 3.61. The van der Waals surface area contributed by atoms with Crippen LogP contribution in [0.15, 0.2) is 6.07 Å². The summed E-state index contributed by atoms with van der Waals surface area (Å²) in [6.07, 6.45) is 1.02. The summed E-state index contributed by atoms with van der Waals surface area (Å²) in [6.45, 7) is 7.62. The summed E-state index contributed by atoms with van der Waals surface area (Å²) in [5.41, 5.74) is 1.20. The van der Waals surface area contributed by atoms with Gasteiger partial charge in [0.25, 0.3) is 0 Å². The highest BCUT2D eigenvalue weighted by Crippen LogP contribution is 2.21. The third-order valence-corrected chi connectivity index (χ3v) is 3.82. The molecule has 1 unspecified atom stereocenters. The van der Waals surface area contributed by atoms with Gasteiger partial charge in [-0.25, -0.2) is 4.98 Å². The second-order valence-corrected chi connectivity index (χ2v) is 6.40. The van der Waals surface area contributed by atoms with E-state index >= 15 is 0 Å². The Labute approximate surface area is 120 Å². The molecule has 19 heavy (non-hydrogen) atoms. The van der Waals surface area contributed by atoms with Crippen LogP contribution in [-0.2, 0) is 6.42 Å². The Morgan fingerprint density at radius 1 is 1.42 bits per heavy atom. The van der Waals surface area contributed by atoms with E-state index in [-0.39, 0.29) is 0 Å². The number of nitrogens with zero attached hydrogens (tertiary/aromatic N) is 3. The van der Waals surface area contributed by atoms with Crippen LogP contribution in [0.25, 0.3) is 0 Å². The number of rotatable bonds is 3. The summed E-state index contributed by atoms with van der Waals surface area (Å²) < 4.78 is 0.700. The van der Waals surface area contributed by atoms with E-state index < -0.39 is 0 Å². The van der Waals surface area contributed by atoms with Crippen LogP contribution in [-0.4, -0.2) is 53.5 Å². The van der Waals surface area contributed by atoms with Crippen molar-refractivity contribution in [3.05, 3.63) is 22.2 Å². The molecule has 0 aliphatic carbocycles. The zero-order valence-corrected chi connectivity index (χ0v) is 13.1. The summed E-state index contributed by atoms with van der Waals surface area (Å²) in [5, 5.41) is 0. The molecule has 106 valence electrons. The topological polar surface area (TPSA) is 35.2 Å². The smallest absolute Gasteiger partial charge is 0.130 e. The molecule has 1 aliphatic heterocycles. The van der Waals surface area contributed by atoms with E-state index in [1.165, 1.54) is 5.69 Å². The standard InChI is InChI=1S/C14H24N4S/c1-10(2)7-11-8-13(19)16-14(15-11)12-9-17(3)5-6-18(12)4/h8,10,12H,5-7,9H2,1-4H3,(H,15,16,19). The van der Waals surface area contributed by atoms with Gasteiger partial charge in [-0.15, -0.1) is 0 Å².